The van der Waals surface area contributed by atoms with Gasteiger partial charge >= 0.3 is 5.97 Å². The summed E-state index contributed by atoms with van der Waals surface area (Å²) in [4.78, 5) is 19.7. The molecule has 1 unspecified atom stereocenters. The quantitative estimate of drug-likeness (QED) is 0.442. The standard InChI is InChI=1S/C16H36N.C5H8O4/c1-5-9-13-17(14-10-6-2,15-11-7-3)16-12-8-4;1-3(5(8)9)2-4(6)7/h5-16H2,1-4H3;3H,2H2,1H3,(H,6,7)(H,8,9)/q+1;/p-1. The van der Waals surface area contributed by atoms with Gasteiger partial charge in [-0.1, -0.05) is 60.3 Å². The third kappa shape index (κ3) is 15.2. The topological polar surface area (TPSA) is 77.4 Å². The molecule has 0 heterocycles. The summed E-state index contributed by atoms with van der Waals surface area (Å²) in [6.45, 7) is 16.3. The lowest BCUT2D eigenvalue weighted by molar-refractivity contribution is -0.929. The van der Waals surface area contributed by atoms with Crippen LogP contribution in [0.25, 0.3) is 0 Å². The van der Waals surface area contributed by atoms with Gasteiger partial charge in [-0.3, -0.25) is 4.79 Å². The van der Waals surface area contributed by atoms with E-state index >= 15 is 0 Å². The van der Waals surface area contributed by atoms with E-state index in [-0.39, 0.29) is 6.42 Å². The van der Waals surface area contributed by atoms with Gasteiger partial charge in [-0.15, -0.1) is 0 Å². The maximum atomic E-state index is 9.86. The summed E-state index contributed by atoms with van der Waals surface area (Å²) >= 11 is 0. The van der Waals surface area contributed by atoms with Crippen LogP contribution in [0.5, 0.6) is 0 Å². The molecular formula is C21H43NO4. The molecule has 0 saturated carbocycles. The van der Waals surface area contributed by atoms with E-state index in [0.29, 0.717) is 0 Å². The number of quaternary nitrogens is 1. The second-order valence-electron chi connectivity index (χ2n) is 7.47. The zero-order valence-electron chi connectivity index (χ0n) is 17.9. The largest absolute Gasteiger partial charge is 0.550 e. The number of aliphatic carboxylic acids is 2. The van der Waals surface area contributed by atoms with Crippen molar-refractivity contribution in [3.05, 3.63) is 0 Å². The van der Waals surface area contributed by atoms with Crippen molar-refractivity contribution >= 4 is 11.9 Å². The first-order valence-electron chi connectivity index (χ1n) is 10.6. The number of rotatable bonds is 15. The molecule has 0 bridgehead atoms. The second-order valence-corrected chi connectivity index (χ2v) is 7.47. The SMILES string of the molecule is CC(CC(=O)O)C(=O)[O-].CCCC[N+](CCCC)(CCCC)CCCC. The predicted molar refractivity (Wildman–Crippen MR) is 106 cm³/mol. The highest BCUT2D eigenvalue weighted by Gasteiger charge is 2.24. The fraction of sp³-hybridized carbons (Fsp3) is 0.905. The maximum absolute atomic E-state index is 9.86. The molecule has 1 N–H and O–H groups in total. The van der Waals surface area contributed by atoms with E-state index in [9.17, 15) is 14.7 Å². The molecule has 0 rings (SSSR count). The number of hydrogen-bond donors (Lipinski definition) is 1. The van der Waals surface area contributed by atoms with Gasteiger partial charge in [0.2, 0.25) is 0 Å². The molecule has 0 aliphatic heterocycles. The van der Waals surface area contributed by atoms with E-state index in [1.165, 1.54) is 89.0 Å². The van der Waals surface area contributed by atoms with Gasteiger partial charge in [0.25, 0.3) is 0 Å². The third-order valence-corrected chi connectivity index (χ3v) is 4.83. The first kappa shape index (κ1) is 27.1. The molecule has 156 valence electrons. The molecule has 0 aromatic heterocycles. The van der Waals surface area contributed by atoms with E-state index in [2.05, 4.69) is 27.7 Å². The molecule has 0 aliphatic rings. The molecule has 0 radical (unpaired) electrons. The van der Waals surface area contributed by atoms with Crippen LogP contribution < -0.4 is 5.11 Å². The van der Waals surface area contributed by atoms with Crippen LogP contribution in [0.2, 0.25) is 0 Å². The van der Waals surface area contributed by atoms with Crippen LogP contribution in [-0.2, 0) is 9.59 Å². The average molecular weight is 374 g/mol. The van der Waals surface area contributed by atoms with Gasteiger partial charge in [-0.2, -0.15) is 0 Å². The summed E-state index contributed by atoms with van der Waals surface area (Å²) in [7, 11) is 0. The molecule has 0 aromatic carbocycles. The second kappa shape index (κ2) is 17.3. The zero-order valence-corrected chi connectivity index (χ0v) is 17.9. The van der Waals surface area contributed by atoms with Crippen LogP contribution in [-0.4, -0.2) is 47.7 Å². The molecule has 0 aromatic rings. The number of carboxylic acids is 2. The summed E-state index contributed by atoms with van der Waals surface area (Å²) < 4.78 is 1.42. The van der Waals surface area contributed by atoms with Crippen molar-refractivity contribution < 1.29 is 24.3 Å². The highest BCUT2D eigenvalue weighted by Crippen LogP contribution is 2.16. The minimum atomic E-state index is -1.32. The first-order chi connectivity index (χ1) is 12.3. The van der Waals surface area contributed by atoms with Crippen LogP contribution >= 0.6 is 0 Å². The Balaban J connectivity index is 0. The van der Waals surface area contributed by atoms with Gasteiger partial charge in [-0.25, -0.2) is 0 Å². The Hall–Kier alpha value is -1.10. The molecule has 0 amide bonds. The molecule has 5 nitrogen and oxygen atoms in total. The van der Waals surface area contributed by atoms with Crippen molar-refractivity contribution in [2.45, 2.75) is 92.4 Å². The van der Waals surface area contributed by atoms with Gasteiger partial charge in [0, 0.05) is 11.9 Å². The lowest BCUT2D eigenvalue weighted by Crippen LogP contribution is -2.50. The predicted octanol–water partition coefficient (Wildman–Crippen LogP) is 3.85. The van der Waals surface area contributed by atoms with Crippen LogP contribution in [0.4, 0.5) is 0 Å². The lowest BCUT2D eigenvalue weighted by atomic mass is 10.1. The molecule has 0 spiro atoms. The fourth-order valence-corrected chi connectivity index (χ4v) is 2.99. The fourth-order valence-electron chi connectivity index (χ4n) is 2.99. The van der Waals surface area contributed by atoms with Crippen LogP contribution in [0.3, 0.4) is 0 Å². The summed E-state index contributed by atoms with van der Waals surface area (Å²) in [5, 5.41) is 17.9. The van der Waals surface area contributed by atoms with Crippen molar-refractivity contribution in [2.75, 3.05) is 26.2 Å². The van der Waals surface area contributed by atoms with E-state index in [1.807, 2.05) is 0 Å². The molecule has 1 atom stereocenters. The van der Waals surface area contributed by atoms with Gasteiger partial charge in [0.15, 0.2) is 0 Å². The Bertz CT molecular complexity index is 320. The molecule has 0 aliphatic carbocycles. The molecule has 0 fully saturated rings. The van der Waals surface area contributed by atoms with Crippen LogP contribution in [0.1, 0.15) is 92.4 Å². The van der Waals surface area contributed by atoms with E-state index in [0.717, 1.165) is 0 Å². The van der Waals surface area contributed by atoms with Gasteiger partial charge in [0.1, 0.15) is 0 Å². The molecule has 0 saturated heterocycles. The van der Waals surface area contributed by atoms with Crippen molar-refractivity contribution in [3.8, 4) is 0 Å². The minimum absolute atomic E-state index is 0.373. The summed E-state index contributed by atoms with van der Waals surface area (Å²) in [6.07, 6.45) is 10.7. The van der Waals surface area contributed by atoms with Crippen molar-refractivity contribution in [3.63, 3.8) is 0 Å². The van der Waals surface area contributed by atoms with Crippen molar-refractivity contribution in [1.82, 2.24) is 0 Å². The number of carboxylic acid groups (broad SMARTS) is 2. The monoisotopic (exact) mass is 373 g/mol. The zero-order chi connectivity index (χ0) is 20.4. The smallest absolute Gasteiger partial charge is 0.303 e. The van der Waals surface area contributed by atoms with Gasteiger partial charge in [-0.05, 0) is 25.7 Å². The maximum Gasteiger partial charge on any atom is 0.303 e. The normalized spacial score (nSPS) is 12.2. The Morgan fingerprint density at radius 2 is 1.12 bits per heavy atom. The Morgan fingerprint density at radius 3 is 1.27 bits per heavy atom. The highest BCUT2D eigenvalue weighted by molar-refractivity contribution is 5.76. The lowest BCUT2D eigenvalue weighted by Gasteiger charge is -2.39. The molecule has 5 heteroatoms. The number of carbonyl (C=O) groups is 2. The minimum Gasteiger partial charge on any atom is -0.550 e. The third-order valence-electron chi connectivity index (χ3n) is 4.83. The van der Waals surface area contributed by atoms with Crippen molar-refractivity contribution in [1.29, 1.82) is 0 Å². The Morgan fingerprint density at radius 1 is 0.808 bits per heavy atom. The number of carbonyl (C=O) groups excluding carboxylic acids is 1. The Kier molecular flexibility index (Phi) is 18.1. The number of unbranched alkanes of at least 4 members (excludes halogenated alkanes) is 4. The van der Waals surface area contributed by atoms with E-state index in [1.54, 1.807) is 0 Å². The highest BCUT2D eigenvalue weighted by atomic mass is 16.4. The molecule has 26 heavy (non-hydrogen) atoms. The number of nitrogens with zero attached hydrogens (tertiary/aromatic N) is 1. The summed E-state index contributed by atoms with van der Waals surface area (Å²) in [5.74, 6) is -3.34. The van der Waals surface area contributed by atoms with Gasteiger partial charge < -0.3 is 19.5 Å². The Labute approximate surface area is 161 Å². The van der Waals surface area contributed by atoms with E-state index < -0.39 is 17.9 Å². The van der Waals surface area contributed by atoms with Crippen LogP contribution in [0.15, 0.2) is 0 Å². The summed E-state index contributed by atoms with van der Waals surface area (Å²) in [5.41, 5.74) is 0. The van der Waals surface area contributed by atoms with Gasteiger partial charge in [0.05, 0.1) is 32.6 Å². The number of hydrogen-bond acceptors (Lipinski definition) is 3. The summed E-state index contributed by atoms with van der Waals surface area (Å²) in [6, 6.07) is 0. The van der Waals surface area contributed by atoms with Crippen molar-refractivity contribution in [2.24, 2.45) is 5.92 Å². The van der Waals surface area contributed by atoms with E-state index in [4.69, 9.17) is 5.11 Å². The molecular weight excluding hydrogens is 330 g/mol. The first-order valence-corrected chi connectivity index (χ1v) is 10.6. The average Bonchev–Trinajstić information content (AvgIpc) is 2.60. The van der Waals surface area contributed by atoms with Crippen LogP contribution in [0, 0.1) is 5.92 Å².